The molecule has 0 aliphatic carbocycles. The van der Waals surface area contributed by atoms with Gasteiger partial charge in [-0.3, -0.25) is 4.79 Å². The van der Waals surface area contributed by atoms with E-state index in [0.717, 1.165) is 23.3 Å². The summed E-state index contributed by atoms with van der Waals surface area (Å²) in [5.41, 5.74) is 2.12. The number of halogens is 1. The van der Waals surface area contributed by atoms with E-state index in [4.69, 9.17) is 9.47 Å². The fourth-order valence-corrected chi connectivity index (χ4v) is 2.28. The number of carbonyl (C=O) groups is 1. The van der Waals surface area contributed by atoms with Crippen LogP contribution in [0.15, 0.2) is 23.2 Å². The van der Waals surface area contributed by atoms with Gasteiger partial charge < -0.3 is 25.4 Å². The van der Waals surface area contributed by atoms with Crippen LogP contribution in [0.25, 0.3) is 0 Å². The van der Waals surface area contributed by atoms with Crippen LogP contribution in [0.2, 0.25) is 0 Å². The molecule has 1 rings (SSSR count). The van der Waals surface area contributed by atoms with E-state index in [-0.39, 0.29) is 36.4 Å². The Morgan fingerprint density at radius 2 is 1.89 bits per heavy atom. The lowest BCUT2D eigenvalue weighted by Crippen LogP contribution is -2.43. The van der Waals surface area contributed by atoms with Crippen LogP contribution in [0, 0.1) is 6.92 Å². The van der Waals surface area contributed by atoms with E-state index in [1.54, 1.807) is 0 Å². The molecule has 3 N–H and O–H groups in total. The van der Waals surface area contributed by atoms with E-state index in [2.05, 4.69) is 20.9 Å². The van der Waals surface area contributed by atoms with E-state index >= 15 is 0 Å². The minimum absolute atomic E-state index is 0. The predicted octanol–water partition coefficient (Wildman–Crippen LogP) is 2.61. The number of aliphatic imine (C=N–C) groups is 1. The summed E-state index contributed by atoms with van der Waals surface area (Å²) in [5, 5.41) is 9.05. The molecule has 0 saturated carbocycles. The largest absolute Gasteiger partial charge is 0.491 e. The minimum Gasteiger partial charge on any atom is -0.491 e. The second-order valence-corrected chi connectivity index (χ2v) is 6.06. The number of hydrogen-bond acceptors (Lipinski definition) is 4. The number of ether oxygens (including phenoxy) is 2. The predicted molar refractivity (Wildman–Crippen MR) is 125 cm³/mol. The van der Waals surface area contributed by atoms with Crippen molar-refractivity contribution >= 4 is 35.8 Å². The van der Waals surface area contributed by atoms with Crippen LogP contribution in [-0.4, -0.2) is 51.3 Å². The zero-order valence-corrected chi connectivity index (χ0v) is 19.8. The van der Waals surface area contributed by atoms with Gasteiger partial charge in [0.05, 0.1) is 19.7 Å². The molecule has 0 bridgehead atoms. The van der Waals surface area contributed by atoms with Crippen molar-refractivity contribution in [2.24, 2.45) is 4.99 Å². The molecule has 0 aliphatic rings. The number of carbonyl (C=O) groups excluding carboxylic acids is 1. The van der Waals surface area contributed by atoms with Gasteiger partial charge in [0.2, 0.25) is 5.91 Å². The van der Waals surface area contributed by atoms with Gasteiger partial charge in [-0.1, -0.05) is 19.1 Å². The van der Waals surface area contributed by atoms with Gasteiger partial charge in [0, 0.05) is 25.3 Å². The van der Waals surface area contributed by atoms with Gasteiger partial charge in [-0.15, -0.1) is 24.0 Å². The lowest BCUT2D eigenvalue weighted by Gasteiger charge is -2.13. The molecule has 0 spiro atoms. The summed E-state index contributed by atoms with van der Waals surface area (Å²) in [6.07, 6.45) is 0.916. The quantitative estimate of drug-likeness (QED) is 0.176. The van der Waals surface area contributed by atoms with Gasteiger partial charge in [-0.2, -0.15) is 0 Å². The maximum Gasteiger partial charge on any atom is 0.239 e. The third kappa shape index (κ3) is 11.3. The van der Waals surface area contributed by atoms with Crippen molar-refractivity contribution in [2.45, 2.75) is 40.7 Å². The highest BCUT2D eigenvalue weighted by atomic mass is 127. The molecule has 0 unspecified atom stereocenters. The molecular formula is C20H35IN4O3. The Balaban J connectivity index is 0.00000729. The zero-order valence-electron chi connectivity index (χ0n) is 17.5. The molecule has 160 valence electrons. The summed E-state index contributed by atoms with van der Waals surface area (Å²) in [6.45, 7) is 11.8. The average Bonchev–Trinajstić information content (AvgIpc) is 2.66. The summed E-state index contributed by atoms with van der Waals surface area (Å²) in [7, 11) is 0. The molecule has 0 fully saturated rings. The number of rotatable bonds is 12. The molecule has 0 radical (unpaired) electrons. The second-order valence-electron chi connectivity index (χ2n) is 6.06. The lowest BCUT2D eigenvalue weighted by atomic mass is 10.1. The Morgan fingerprint density at radius 1 is 1.11 bits per heavy atom. The standard InChI is InChI=1S/C20H34N4O3.HI/c1-5-10-22-19(25)15-24-20(21-6-2)23-14-17-9-8-16(4)13-18(17)27-12-11-26-7-3;/h8-9,13H,5-7,10-12,14-15H2,1-4H3,(H,22,25)(H2,21,23,24);1H. The molecule has 8 heteroatoms. The van der Waals surface area contributed by atoms with E-state index in [0.29, 0.717) is 45.4 Å². The minimum atomic E-state index is -0.0438. The van der Waals surface area contributed by atoms with E-state index in [1.165, 1.54) is 0 Å². The van der Waals surface area contributed by atoms with Crippen molar-refractivity contribution in [3.8, 4) is 5.75 Å². The number of benzene rings is 1. The summed E-state index contributed by atoms with van der Waals surface area (Å²) in [6, 6.07) is 6.07. The first-order valence-corrected chi connectivity index (χ1v) is 9.69. The molecule has 1 aromatic rings. The first-order chi connectivity index (χ1) is 13.1. The van der Waals surface area contributed by atoms with Gasteiger partial charge >= 0.3 is 0 Å². The van der Waals surface area contributed by atoms with Gasteiger partial charge in [0.1, 0.15) is 12.4 Å². The highest BCUT2D eigenvalue weighted by molar-refractivity contribution is 14.0. The molecule has 0 saturated heterocycles. The van der Waals surface area contributed by atoms with Crippen molar-refractivity contribution < 1.29 is 14.3 Å². The molecule has 28 heavy (non-hydrogen) atoms. The molecule has 0 atom stereocenters. The van der Waals surface area contributed by atoms with E-state index in [9.17, 15) is 4.79 Å². The van der Waals surface area contributed by atoms with Gasteiger partial charge in [0.25, 0.3) is 0 Å². The number of hydrogen-bond donors (Lipinski definition) is 3. The third-order valence-electron chi connectivity index (χ3n) is 3.65. The molecular weight excluding hydrogens is 471 g/mol. The van der Waals surface area contributed by atoms with Crippen LogP contribution in [0.4, 0.5) is 0 Å². The van der Waals surface area contributed by atoms with Crippen molar-refractivity contribution in [1.82, 2.24) is 16.0 Å². The van der Waals surface area contributed by atoms with Crippen LogP contribution in [0.1, 0.15) is 38.3 Å². The third-order valence-corrected chi connectivity index (χ3v) is 3.65. The van der Waals surface area contributed by atoms with Crippen molar-refractivity contribution in [3.05, 3.63) is 29.3 Å². The van der Waals surface area contributed by atoms with E-state index < -0.39 is 0 Å². The molecule has 0 aliphatic heterocycles. The first-order valence-electron chi connectivity index (χ1n) is 9.69. The first kappa shape index (κ1) is 26.4. The summed E-state index contributed by atoms with van der Waals surface area (Å²) >= 11 is 0. The Kier molecular flexibility index (Phi) is 15.5. The SMILES string of the molecule is CCCNC(=O)CNC(=NCc1ccc(C)cc1OCCOCC)NCC.I. The van der Waals surface area contributed by atoms with Crippen molar-refractivity contribution in [1.29, 1.82) is 0 Å². The topological polar surface area (TPSA) is 84.0 Å². The van der Waals surface area contributed by atoms with Gasteiger partial charge in [-0.25, -0.2) is 4.99 Å². The maximum absolute atomic E-state index is 11.8. The highest BCUT2D eigenvalue weighted by Gasteiger charge is 2.06. The van der Waals surface area contributed by atoms with Crippen LogP contribution in [0.5, 0.6) is 5.75 Å². The normalized spacial score (nSPS) is 10.8. The molecule has 0 aromatic heterocycles. The molecule has 1 amide bonds. The molecule has 0 heterocycles. The summed E-state index contributed by atoms with van der Waals surface area (Å²) < 4.78 is 11.2. The van der Waals surface area contributed by atoms with Gasteiger partial charge in [0.15, 0.2) is 5.96 Å². The summed E-state index contributed by atoms with van der Waals surface area (Å²) in [4.78, 5) is 16.3. The summed E-state index contributed by atoms with van der Waals surface area (Å²) in [5.74, 6) is 1.37. The number of guanidine groups is 1. The zero-order chi connectivity index (χ0) is 19.9. The van der Waals surface area contributed by atoms with Crippen LogP contribution >= 0.6 is 24.0 Å². The number of nitrogens with one attached hydrogen (secondary N) is 3. The van der Waals surface area contributed by atoms with Crippen molar-refractivity contribution in [3.63, 3.8) is 0 Å². The maximum atomic E-state index is 11.8. The van der Waals surface area contributed by atoms with Crippen LogP contribution < -0.4 is 20.7 Å². The number of amides is 1. The monoisotopic (exact) mass is 506 g/mol. The molecule has 1 aromatic carbocycles. The fourth-order valence-electron chi connectivity index (χ4n) is 2.28. The van der Waals surface area contributed by atoms with Crippen LogP contribution in [0.3, 0.4) is 0 Å². The smallest absolute Gasteiger partial charge is 0.239 e. The second kappa shape index (κ2) is 16.4. The number of nitrogens with zero attached hydrogens (tertiary/aromatic N) is 1. The fraction of sp³-hybridized carbons (Fsp3) is 0.600. The van der Waals surface area contributed by atoms with Crippen molar-refractivity contribution in [2.75, 3.05) is 39.5 Å². The average molecular weight is 506 g/mol. The van der Waals surface area contributed by atoms with Crippen LogP contribution in [-0.2, 0) is 16.1 Å². The Hall–Kier alpha value is -1.55. The lowest BCUT2D eigenvalue weighted by molar-refractivity contribution is -0.120. The Morgan fingerprint density at radius 3 is 2.57 bits per heavy atom. The van der Waals surface area contributed by atoms with Gasteiger partial charge in [-0.05, 0) is 38.8 Å². The highest BCUT2D eigenvalue weighted by Crippen LogP contribution is 2.21. The number of aryl methyl sites for hydroxylation is 1. The van der Waals surface area contributed by atoms with E-state index in [1.807, 2.05) is 45.9 Å². The molecule has 7 nitrogen and oxygen atoms in total. The Bertz CT molecular complexity index is 597. The Labute approximate surface area is 186 Å².